The van der Waals surface area contributed by atoms with Gasteiger partial charge >= 0.3 is 0 Å². The highest BCUT2D eigenvalue weighted by Crippen LogP contribution is 2.28. The Balaban J connectivity index is 0.00000243. The fraction of sp³-hybridized carbons (Fsp3) is 0.357. The van der Waals surface area contributed by atoms with Gasteiger partial charge in [0.1, 0.15) is 5.82 Å². The third kappa shape index (κ3) is 3.92. The number of nitrogens with two attached hydrogens (primary N) is 1. The van der Waals surface area contributed by atoms with Gasteiger partial charge in [-0.15, -0.1) is 12.4 Å². The van der Waals surface area contributed by atoms with Crippen molar-refractivity contribution >= 4 is 32.5 Å². The van der Waals surface area contributed by atoms with Crippen LogP contribution in [0.25, 0.3) is 0 Å². The largest absolute Gasteiger partial charge is 0.337 e. The van der Waals surface area contributed by atoms with E-state index < -0.39 is 26.1 Å². The van der Waals surface area contributed by atoms with Gasteiger partial charge in [0.15, 0.2) is 0 Å². The van der Waals surface area contributed by atoms with Gasteiger partial charge in [-0.25, -0.2) is 27.0 Å². The van der Waals surface area contributed by atoms with Gasteiger partial charge in [-0.05, 0) is 18.2 Å². The molecule has 2 aromatic rings. The normalized spacial score (nSPS) is 19.1. The molecule has 1 aliphatic rings. The van der Waals surface area contributed by atoms with Gasteiger partial charge in [-0.2, -0.15) is 4.31 Å². The summed E-state index contributed by atoms with van der Waals surface area (Å²) in [5, 5.41) is 8.28. The molecule has 3 N–H and O–H groups in total. The lowest BCUT2D eigenvalue weighted by molar-refractivity contribution is 0.258. The molecule has 1 fully saturated rings. The summed E-state index contributed by atoms with van der Waals surface area (Å²) in [7, 11) is -6.11. The van der Waals surface area contributed by atoms with E-state index in [1.54, 1.807) is 24.0 Å². The summed E-state index contributed by atoms with van der Waals surface area (Å²) < 4.78 is 52.4. The Bertz CT molecular complexity index is 990. The zero-order valence-corrected chi connectivity index (χ0v) is 16.4. The number of sulfonamides is 2. The van der Waals surface area contributed by atoms with E-state index in [4.69, 9.17) is 5.14 Å². The number of nitrogens with one attached hydrogen (secondary N) is 1. The van der Waals surface area contributed by atoms with Gasteiger partial charge in [0.2, 0.25) is 20.0 Å². The van der Waals surface area contributed by atoms with Crippen molar-refractivity contribution in [3.63, 3.8) is 0 Å². The quantitative estimate of drug-likeness (QED) is 0.705. The number of benzene rings is 1. The van der Waals surface area contributed by atoms with Crippen LogP contribution in [-0.2, 0) is 27.1 Å². The summed E-state index contributed by atoms with van der Waals surface area (Å²) in [5.41, 5.74) is 0. The number of hydrogen-bond donors (Lipinski definition) is 2. The minimum absolute atomic E-state index is 0. The van der Waals surface area contributed by atoms with Gasteiger partial charge in [-0.3, -0.25) is 0 Å². The SMILES string of the molecule is Cl.Cn1ccnc1C1CNCCN1S(=O)(=O)c1cccc(S(N)(=O)=O)c1. The predicted molar refractivity (Wildman–Crippen MR) is 97.8 cm³/mol. The third-order valence-corrected chi connectivity index (χ3v) is 6.91. The minimum Gasteiger partial charge on any atom is -0.337 e. The number of piperazine rings is 1. The van der Waals surface area contributed by atoms with Crippen molar-refractivity contribution in [1.82, 2.24) is 19.2 Å². The van der Waals surface area contributed by atoms with Crippen molar-refractivity contribution in [1.29, 1.82) is 0 Å². The Labute approximate surface area is 158 Å². The summed E-state index contributed by atoms with van der Waals surface area (Å²) in [6.07, 6.45) is 3.35. The summed E-state index contributed by atoms with van der Waals surface area (Å²) in [4.78, 5) is 3.91. The molecule has 1 unspecified atom stereocenters. The molecule has 12 heteroatoms. The van der Waals surface area contributed by atoms with E-state index in [2.05, 4.69) is 10.3 Å². The van der Waals surface area contributed by atoms with Crippen molar-refractivity contribution in [2.75, 3.05) is 19.6 Å². The molecule has 3 rings (SSSR count). The highest BCUT2D eigenvalue weighted by atomic mass is 35.5. The van der Waals surface area contributed by atoms with Crippen LogP contribution in [0, 0.1) is 0 Å². The topological polar surface area (TPSA) is 127 Å². The zero-order valence-electron chi connectivity index (χ0n) is 13.9. The van der Waals surface area contributed by atoms with Gasteiger partial charge in [0.05, 0.1) is 15.8 Å². The number of halogens is 1. The molecule has 1 atom stereocenters. The monoisotopic (exact) mass is 421 g/mol. The maximum absolute atomic E-state index is 13.1. The molecule has 1 aliphatic heterocycles. The number of aryl methyl sites for hydroxylation is 1. The predicted octanol–water partition coefficient (Wildman–Crippen LogP) is -0.175. The van der Waals surface area contributed by atoms with Gasteiger partial charge in [0, 0.05) is 39.1 Å². The standard InChI is InChI=1S/C14H19N5O4S2.ClH/c1-18-7-6-17-14(18)13-10-16-5-8-19(13)25(22,23)12-4-2-3-11(9-12)24(15,20)21;/h2-4,6-7,9,13,16H,5,8,10H2,1H3,(H2,15,20,21);1H. The Morgan fingerprint density at radius 2 is 1.92 bits per heavy atom. The van der Waals surface area contributed by atoms with Gasteiger partial charge in [-0.1, -0.05) is 6.07 Å². The molecule has 2 heterocycles. The maximum atomic E-state index is 13.1. The fourth-order valence-corrected chi connectivity index (χ4v) is 5.11. The average molecular weight is 422 g/mol. The fourth-order valence-electron chi connectivity index (χ4n) is 2.84. The summed E-state index contributed by atoms with van der Waals surface area (Å²) in [6.45, 7) is 1.16. The highest BCUT2D eigenvalue weighted by Gasteiger charge is 2.36. The van der Waals surface area contributed by atoms with E-state index in [1.807, 2.05) is 0 Å². The van der Waals surface area contributed by atoms with Crippen molar-refractivity contribution in [2.45, 2.75) is 15.8 Å². The number of nitrogens with zero attached hydrogens (tertiary/aromatic N) is 3. The van der Waals surface area contributed by atoms with E-state index >= 15 is 0 Å². The van der Waals surface area contributed by atoms with Crippen LogP contribution in [0.3, 0.4) is 0 Å². The van der Waals surface area contributed by atoms with E-state index in [-0.39, 0.29) is 28.7 Å². The maximum Gasteiger partial charge on any atom is 0.243 e. The Morgan fingerprint density at radius 3 is 2.54 bits per heavy atom. The van der Waals surface area contributed by atoms with Crippen molar-refractivity contribution < 1.29 is 16.8 Å². The van der Waals surface area contributed by atoms with Crippen LogP contribution in [0.1, 0.15) is 11.9 Å². The van der Waals surface area contributed by atoms with E-state index in [0.29, 0.717) is 18.9 Å². The van der Waals surface area contributed by atoms with Crippen LogP contribution in [0.15, 0.2) is 46.5 Å². The summed E-state index contributed by atoms with van der Waals surface area (Å²) in [6, 6.07) is 4.59. The second-order valence-electron chi connectivity index (χ2n) is 5.75. The molecule has 0 spiro atoms. The first-order valence-electron chi connectivity index (χ1n) is 7.54. The number of imidazole rings is 1. The second-order valence-corrected chi connectivity index (χ2v) is 9.20. The molecule has 0 bridgehead atoms. The third-order valence-electron chi connectivity index (χ3n) is 4.09. The minimum atomic E-state index is -3.99. The molecule has 0 aliphatic carbocycles. The van der Waals surface area contributed by atoms with Crippen LogP contribution in [-0.4, -0.2) is 50.3 Å². The molecule has 9 nitrogen and oxygen atoms in total. The van der Waals surface area contributed by atoms with Crippen molar-refractivity contribution in [3.05, 3.63) is 42.5 Å². The first-order chi connectivity index (χ1) is 11.7. The Morgan fingerprint density at radius 1 is 1.23 bits per heavy atom. The molecule has 26 heavy (non-hydrogen) atoms. The number of hydrogen-bond acceptors (Lipinski definition) is 6. The molecule has 0 amide bonds. The van der Waals surface area contributed by atoms with Gasteiger partial charge in [0.25, 0.3) is 0 Å². The average Bonchev–Trinajstić information content (AvgIpc) is 3.00. The lowest BCUT2D eigenvalue weighted by Crippen LogP contribution is -2.49. The molecular formula is C14H20ClN5O4S2. The smallest absolute Gasteiger partial charge is 0.243 e. The molecule has 1 aromatic heterocycles. The molecular weight excluding hydrogens is 402 g/mol. The van der Waals surface area contributed by atoms with E-state index in [9.17, 15) is 16.8 Å². The Hall–Kier alpha value is -1.50. The van der Waals surface area contributed by atoms with E-state index in [1.165, 1.54) is 22.5 Å². The summed E-state index contributed by atoms with van der Waals surface area (Å²) in [5.74, 6) is 0.610. The molecule has 1 aromatic carbocycles. The second kappa shape index (κ2) is 7.62. The lowest BCUT2D eigenvalue weighted by atomic mass is 10.2. The van der Waals surface area contributed by atoms with Crippen LogP contribution >= 0.6 is 12.4 Å². The number of aromatic nitrogens is 2. The van der Waals surface area contributed by atoms with Crippen LogP contribution in [0.5, 0.6) is 0 Å². The van der Waals surface area contributed by atoms with Crippen LogP contribution in [0.2, 0.25) is 0 Å². The lowest BCUT2D eigenvalue weighted by Gasteiger charge is -2.34. The van der Waals surface area contributed by atoms with Crippen molar-refractivity contribution in [3.8, 4) is 0 Å². The molecule has 1 saturated heterocycles. The van der Waals surface area contributed by atoms with Crippen LogP contribution < -0.4 is 10.5 Å². The first kappa shape index (κ1) is 20.8. The Kier molecular flexibility index (Phi) is 6.10. The zero-order chi connectivity index (χ0) is 18.2. The summed E-state index contributed by atoms with van der Waals surface area (Å²) >= 11 is 0. The van der Waals surface area contributed by atoms with Gasteiger partial charge < -0.3 is 9.88 Å². The first-order valence-corrected chi connectivity index (χ1v) is 10.5. The molecule has 0 radical (unpaired) electrons. The highest BCUT2D eigenvalue weighted by molar-refractivity contribution is 7.90. The van der Waals surface area contributed by atoms with E-state index in [0.717, 1.165) is 6.07 Å². The number of primary sulfonamides is 1. The molecule has 0 saturated carbocycles. The van der Waals surface area contributed by atoms with Crippen molar-refractivity contribution in [2.24, 2.45) is 12.2 Å². The number of rotatable bonds is 4. The molecule has 144 valence electrons. The van der Waals surface area contributed by atoms with Crippen LogP contribution in [0.4, 0.5) is 0 Å².